The van der Waals surface area contributed by atoms with E-state index in [-0.39, 0.29) is 0 Å². The molecule has 2 nitrogen and oxygen atoms in total. The molecule has 0 spiro atoms. The molecule has 110 valence electrons. The number of allylic oxidation sites excluding steroid dienone is 2. The molecule has 2 rings (SSSR count). The van der Waals surface area contributed by atoms with Crippen LogP contribution in [0.3, 0.4) is 0 Å². The molecule has 0 bridgehead atoms. The first-order chi connectivity index (χ1) is 9.40. The van der Waals surface area contributed by atoms with Gasteiger partial charge in [-0.1, -0.05) is 43.9 Å². The van der Waals surface area contributed by atoms with E-state index in [2.05, 4.69) is 13.0 Å². The maximum Gasteiger partial charge on any atom is 0.203 e. The average molecular weight is 299 g/mol. The van der Waals surface area contributed by atoms with Crippen molar-refractivity contribution in [2.45, 2.75) is 70.0 Å². The Labute approximate surface area is 122 Å². The van der Waals surface area contributed by atoms with Gasteiger partial charge in [-0.3, -0.25) is 0 Å². The summed E-state index contributed by atoms with van der Waals surface area (Å²) in [6.07, 6.45) is 11.8. The fraction of sp³-hybridized carbons (Fsp3) is 0.867. The van der Waals surface area contributed by atoms with E-state index in [1.54, 1.807) is 5.20 Å². The second-order valence-electron chi connectivity index (χ2n) is 5.97. The summed E-state index contributed by atoms with van der Waals surface area (Å²) in [6, 6.07) is 4.08. The van der Waals surface area contributed by atoms with Gasteiger partial charge in [0, 0.05) is 13.2 Å². The Morgan fingerprint density at radius 3 is 2.47 bits per heavy atom. The third-order valence-corrected chi connectivity index (χ3v) is 10.3. The van der Waals surface area contributed by atoms with Gasteiger partial charge >= 0.3 is 0 Å². The van der Waals surface area contributed by atoms with Crippen LogP contribution in [-0.4, -0.2) is 31.3 Å². The van der Waals surface area contributed by atoms with Crippen LogP contribution in [0.15, 0.2) is 11.3 Å². The third kappa shape index (κ3) is 5.54. The fourth-order valence-electron chi connectivity index (χ4n) is 3.10. The van der Waals surface area contributed by atoms with E-state index in [1.165, 1.54) is 63.1 Å². The van der Waals surface area contributed by atoms with Crippen LogP contribution in [0.4, 0.5) is 0 Å². The Balaban J connectivity index is 1.89. The fourth-order valence-corrected chi connectivity index (χ4v) is 9.66. The molecule has 2 heterocycles. The van der Waals surface area contributed by atoms with Crippen LogP contribution >= 0.6 is 0 Å². The molecule has 19 heavy (non-hydrogen) atoms. The molecule has 0 amide bonds. The standard InChI is InChI=1S/C15H30O2Si2/c1-2-3-4-9-15(19-13-8-6-11-17-19)14-18-12-7-5-10-16-18/h9,18-19H,2-8,10-14H2,1H3. The quantitative estimate of drug-likeness (QED) is 0.550. The van der Waals surface area contributed by atoms with Crippen molar-refractivity contribution in [3.63, 3.8) is 0 Å². The summed E-state index contributed by atoms with van der Waals surface area (Å²) < 4.78 is 12.2. The third-order valence-electron chi connectivity index (χ3n) is 4.29. The molecule has 0 aromatic carbocycles. The summed E-state index contributed by atoms with van der Waals surface area (Å²) in [6.45, 7) is 4.34. The van der Waals surface area contributed by atoms with Gasteiger partial charge in [0.2, 0.25) is 9.04 Å². The molecule has 0 aromatic rings. The second kappa shape index (κ2) is 9.11. The highest BCUT2D eigenvalue weighted by molar-refractivity contribution is 6.65. The van der Waals surface area contributed by atoms with E-state index in [0.29, 0.717) is 0 Å². The van der Waals surface area contributed by atoms with Crippen molar-refractivity contribution in [1.29, 1.82) is 0 Å². The van der Waals surface area contributed by atoms with E-state index < -0.39 is 18.1 Å². The van der Waals surface area contributed by atoms with Crippen LogP contribution < -0.4 is 0 Å². The van der Waals surface area contributed by atoms with Gasteiger partial charge < -0.3 is 8.85 Å². The smallest absolute Gasteiger partial charge is 0.203 e. The minimum atomic E-state index is -1.04. The molecular weight excluding hydrogens is 268 g/mol. The zero-order valence-electron chi connectivity index (χ0n) is 12.5. The Morgan fingerprint density at radius 2 is 1.84 bits per heavy atom. The average Bonchev–Trinajstić information content (AvgIpc) is 2.48. The first-order valence-electron chi connectivity index (χ1n) is 8.32. The Kier molecular flexibility index (Phi) is 7.42. The molecule has 0 aromatic heterocycles. The number of hydrogen-bond donors (Lipinski definition) is 0. The summed E-state index contributed by atoms with van der Waals surface area (Å²) in [5, 5.41) is 1.73. The molecule has 0 aliphatic carbocycles. The van der Waals surface area contributed by atoms with Crippen LogP contribution in [0, 0.1) is 0 Å². The van der Waals surface area contributed by atoms with Crippen LogP contribution in [0.5, 0.6) is 0 Å². The van der Waals surface area contributed by atoms with Crippen molar-refractivity contribution in [1.82, 2.24) is 0 Å². The minimum Gasteiger partial charge on any atom is -0.420 e. The van der Waals surface area contributed by atoms with E-state index in [4.69, 9.17) is 8.85 Å². The van der Waals surface area contributed by atoms with E-state index >= 15 is 0 Å². The minimum absolute atomic E-state index is 0.920. The van der Waals surface area contributed by atoms with Crippen molar-refractivity contribution in [2.24, 2.45) is 0 Å². The first-order valence-corrected chi connectivity index (χ1v) is 12.3. The zero-order valence-corrected chi connectivity index (χ0v) is 14.8. The van der Waals surface area contributed by atoms with Gasteiger partial charge in [-0.05, 0) is 37.4 Å². The van der Waals surface area contributed by atoms with Gasteiger partial charge in [0.1, 0.15) is 0 Å². The lowest BCUT2D eigenvalue weighted by molar-refractivity contribution is 0.284. The second-order valence-corrected chi connectivity index (χ2v) is 11.2. The summed E-state index contributed by atoms with van der Waals surface area (Å²) >= 11 is 0. The van der Waals surface area contributed by atoms with Gasteiger partial charge in [-0.25, -0.2) is 0 Å². The highest BCUT2D eigenvalue weighted by Crippen LogP contribution is 2.25. The lowest BCUT2D eigenvalue weighted by atomic mass is 10.2. The number of rotatable bonds is 6. The Morgan fingerprint density at radius 1 is 1.05 bits per heavy atom. The number of hydrogen-bond acceptors (Lipinski definition) is 2. The van der Waals surface area contributed by atoms with Gasteiger partial charge in [-0.2, -0.15) is 0 Å². The molecule has 0 N–H and O–H groups in total. The molecule has 2 saturated heterocycles. The predicted molar refractivity (Wildman–Crippen MR) is 86.7 cm³/mol. The lowest BCUT2D eigenvalue weighted by Gasteiger charge is -2.28. The van der Waals surface area contributed by atoms with E-state index in [9.17, 15) is 0 Å². The molecular formula is C15H30O2Si2. The molecule has 4 heteroatoms. The number of unbranched alkanes of at least 4 members (excludes halogenated alkanes) is 2. The summed E-state index contributed by atoms with van der Waals surface area (Å²) in [5.41, 5.74) is 0. The topological polar surface area (TPSA) is 18.5 Å². The highest BCUT2D eigenvalue weighted by atomic mass is 28.3. The molecule has 2 fully saturated rings. The Bertz CT molecular complexity index is 269. The van der Waals surface area contributed by atoms with Crippen LogP contribution in [0.2, 0.25) is 18.1 Å². The van der Waals surface area contributed by atoms with Crippen molar-refractivity contribution in [3.8, 4) is 0 Å². The van der Waals surface area contributed by atoms with Gasteiger partial charge in [0.05, 0.1) is 0 Å². The summed E-state index contributed by atoms with van der Waals surface area (Å²) in [4.78, 5) is 0. The summed E-state index contributed by atoms with van der Waals surface area (Å²) in [5.74, 6) is 0. The predicted octanol–water partition coefficient (Wildman–Crippen LogP) is 3.71. The first kappa shape index (κ1) is 15.5. The van der Waals surface area contributed by atoms with Gasteiger partial charge in [-0.15, -0.1) is 0 Å². The van der Waals surface area contributed by atoms with E-state index in [0.717, 1.165) is 13.2 Å². The summed E-state index contributed by atoms with van der Waals surface area (Å²) in [7, 11) is -1.96. The van der Waals surface area contributed by atoms with E-state index in [1.807, 2.05) is 0 Å². The normalized spacial score (nSPS) is 29.4. The molecule has 2 unspecified atom stereocenters. The SMILES string of the molecule is CCCCC=C(C[SiH]1CCCCO1)[SiH]1CCCCO1. The largest absolute Gasteiger partial charge is 0.420 e. The molecule has 2 aliphatic rings. The molecule has 0 saturated carbocycles. The van der Waals surface area contributed by atoms with Gasteiger partial charge in [0.15, 0.2) is 9.04 Å². The van der Waals surface area contributed by atoms with Crippen molar-refractivity contribution >= 4 is 18.1 Å². The molecule has 0 radical (unpaired) electrons. The maximum atomic E-state index is 6.15. The van der Waals surface area contributed by atoms with Crippen molar-refractivity contribution in [2.75, 3.05) is 13.2 Å². The monoisotopic (exact) mass is 298 g/mol. The highest BCUT2D eigenvalue weighted by Gasteiger charge is 2.25. The van der Waals surface area contributed by atoms with Crippen molar-refractivity contribution in [3.05, 3.63) is 11.3 Å². The van der Waals surface area contributed by atoms with Crippen molar-refractivity contribution < 1.29 is 8.85 Å². The van der Waals surface area contributed by atoms with Gasteiger partial charge in [0.25, 0.3) is 0 Å². The van der Waals surface area contributed by atoms with Crippen LogP contribution in [0.25, 0.3) is 0 Å². The van der Waals surface area contributed by atoms with Crippen LogP contribution in [-0.2, 0) is 8.85 Å². The zero-order chi connectivity index (χ0) is 13.3. The molecule has 2 atom stereocenters. The van der Waals surface area contributed by atoms with Crippen LogP contribution in [0.1, 0.15) is 51.9 Å². The lowest BCUT2D eigenvalue weighted by Crippen LogP contribution is -2.31. The Hall–Kier alpha value is 0.0938. The molecule has 2 aliphatic heterocycles. The maximum absolute atomic E-state index is 6.15.